The van der Waals surface area contributed by atoms with Gasteiger partial charge in [0.05, 0.1) is 23.8 Å². The van der Waals surface area contributed by atoms with Gasteiger partial charge in [-0.1, -0.05) is 11.6 Å². The Labute approximate surface area is 182 Å². The summed E-state index contributed by atoms with van der Waals surface area (Å²) in [7, 11) is 0. The second-order valence-electron chi connectivity index (χ2n) is 6.76. The molecule has 0 bridgehead atoms. The highest BCUT2D eigenvalue weighted by atomic mass is 35.5. The fourth-order valence-corrected chi connectivity index (χ4v) is 3.18. The Morgan fingerprint density at radius 2 is 1.94 bits per heavy atom. The van der Waals surface area contributed by atoms with Crippen molar-refractivity contribution in [2.24, 2.45) is 0 Å². The lowest BCUT2D eigenvalue weighted by molar-refractivity contribution is -0.137. The Balaban J connectivity index is 1.49. The van der Waals surface area contributed by atoms with Crippen molar-refractivity contribution in [2.45, 2.75) is 13.1 Å². The molecule has 1 aromatic carbocycles. The highest BCUT2D eigenvalue weighted by Gasteiger charge is 2.33. The minimum absolute atomic E-state index is 0.0104. The number of aromatic nitrogens is 2. The van der Waals surface area contributed by atoms with Gasteiger partial charge >= 0.3 is 12.2 Å². The predicted octanol–water partition coefficient (Wildman–Crippen LogP) is 3.53. The maximum Gasteiger partial charge on any atom is 0.417 e. The Hall–Kier alpha value is -2.79. The van der Waals surface area contributed by atoms with Crippen molar-refractivity contribution < 1.29 is 22.7 Å². The van der Waals surface area contributed by atoms with Gasteiger partial charge in [-0.2, -0.15) is 13.2 Å². The maximum absolute atomic E-state index is 12.9. The van der Waals surface area contributed by atoms with Gasteiger partial charge in [-0.15, -0.1) is 0 Å². The quantitative estimate of drug-likeness (QED) is 0.574. The molecule has 1 aliphatic heterocycles. The molecule has 0 unspecified atom stereocenters. The molecule has 3 N–H and O–H groups in total. The summed E-state index contributed by atoms with van der Waals surface area (Å²) in [4.78, 5) is 22.9. The number of urea groups is 1. The number of carbonyl (C=O) groups excluding carboxylic acids is 1. The third-order valence-corrected chi connectivity index (χ3v) is 4.74. The van der Waals surface area contributed by atoms with Crippen molar-refractivity contribution >= 4 is 35.0 Å². The number of ether oxygens (including phenoxy) is 1. The number of halogens is 4. The fraction of sp³-hybridized carbons (Fsp3) is 0.421. The molecule has 0 saturated carbocycles. The van der Waals surface area contributed by atoms with Gasteiger partial charge < -0.3 is 25.6 Å². The van der Waals surface area contributed by atoms with Gasteiger partial charge in [-0.05, 0) is 25.1 Å². The summed E-state index contributed by atoms with van der Waals surface area (Å²) in [5, 5.41) is 7.60. The first-order valence-electron chi connectivity index (χ1n) is 9.56. The van der Waals surface area contributed by atoms with E-state index in [4.69, 9.17) is 16.3 Å². The van der Waals surface area contributed by atoms with Crippen LogP contribution in [0.25, 0.3) is 0 Å². The molecule has 2 aromatic rings. The minimum atomic E-state index is -4.61. The van der Waals surface area contributed by atoms with Crippen LogP contribution in [0.5, 0.6) is 0 Å². The molecule has 2 amide bonds. The number of rotatable bonds is 6. The van der Waals surface area contributed by atoms with Crippen LogP contribution in [0.4, 0.5) is 35.3 Å². The van der Waals surface area contributed by atoms with Gasteiger partial charge in [-0.25, -0.2) is 14.8 Å². The number of morpholine rings is 1. The number of anilines is 3. The second-order valence-corrected chi connectivity index (χ2v) is 7.17. The van der Waals surface area contributed by atoms with Gasteiger partial charge in [-0.3, -0.25) is 0 Å². The van der Waals surface area contributed by atoms with E-state index in [0.717, 1.165) is 31.0 Å². The molecule has 1 aliphatic rings. The molecule has 0 atom stereocenters. The summed E-state index contributed by atoms with van der Waals surface area (Å²) in [5.74, 6) is 2.02. The van der Waals surface area contributed by atoms with Crippen LogP contribution in [0.1, 0.15) is 11.4 Å². The van der Waals surface area contributed by atoms with Crippen molar-refractivity contribution in [1.82, 2.24) is 15.3 Å². The fourth-order valence-electron chi connectivity index (χ4n) is 2.96. The summed E-state index contributed by atoms with van der Waals surface area (Å²) in [6.07, 6.45) is -4.61. The van der Waals surface area contributed by atoms with Gasteiger partial charge in [0.2, 0.25) is 0 Å². The lowest BCUT2D eigenvalue weighted by Crippen LogP contribution is -2.37. The van der Waals surface area contributed by atoms with Gasteiger partial charge in [0, 0.05) is 37.9 Å². The van der Waals surface area contributed by atoms with Crippen LogP contribution < -0.4 is 20.9 Å². The van der Waals surface area contributed by atoms with E-state index in [9.17, 15) is 18.0 Å². The van der Waals surface area contributed by atoms with Crippen molar-refractivity contribution in [3.63, 3.8) is 0 Å². The van der Waals surface area contributed by atoms with Crippen LogP contribution >= 0.6 is 11.6 Å². The number of hydrogen-bond donors (Lipinski definition) is 3. The van der Waals surface area contributed by atoms with E-state index in [1.807, 2.05) is 6.07 Å². The molecule has 2 heterocycles. The van der Waals surface area contributed by atoms with Crippen LogP contribution in [0.15, 0.2) is 24.3 Å². The van der Waals surface area contributed by atoms with Gasteiger partial charge in [0.25, 0.3) is 0 Å². The summed E-state index contributed by atoms with van der Waals surface area (Å²) in [6.45, 7) is 5.16. The summed E-state index contributed by atoms with van der Waals surface area (Å²) < 4.78 is 44.1. The zero-order valence-electron chi connectivity index (χ0n) is 16.7. The number of carbonyl (C=O) groups is 1. The van der Waals surface area contributed by atoms with E-state index in [0.29, 0.717) is 31.4 Å². The third-order valence-electron chi connectivity index (χ3n) is 4.41. The first kappa shape index (κ1) is 22.9. The average molecular weight is 459 g/mol. The molecular formula is C19H22ClF3N6O2. The Morgan fingerprint density at radius 1 is 1.19 bits per heavy atom. The largest absolute Gasteiger partial charge is 0.417 e. The van der Waals surface area contributed by atoms with Crippen LogP contribution in [0.3, 0.4) is 0 Å². The van der Waals surface area contributed by atoms with Gasteiger partial charge in [0.15, 0.2) is 0 Å². The number of aryl methyl sites for hydroxylation is 1. The van der Waals surface area contributed by atoms with Gasteiger partial charge in [0.1, 0.15) is 17.5 Å². The van der Waals surface area contributed by atoms with E-state index in [2.05, 4.69) is 30.8 Å². The topological polar surface area (TPSA) is 91.4 Å². The zero-order valence-corrected chi connectivity index (χ0v) is 17.5. The van der Waals surface area contributed by atoms with Crippen molar-refractivity contribution in [2.75, 3.05) is 54.9 Å². The van der Waals surface area contributed by atoms with E-state index < -0.39 is 22.8 Å². The zero-order chi connectivity index (χ0) is 22.4. The molecule has 1 fully saturated rings. The molecule has 12 heteroatoms. The SMILES string of the molecule is Cc1nc(NCCNC(=O)Nc2ccc(Cl)c(C(F)(F)F)c2)cc(N2CCOCC2)n1. The normalized spacial score (nSPS) is 14.3. The maximum atomic E-state index is 12.9. The van der Waals surface area contributed by atoms with Crippen molar-refractivity contribution in [1.29, 1.82) is 0 Å². The van der Waals surface area contributed by atoms with E-state index in [-0.39, 0.29) is 12.2 Å². The minimum Gasteiger partial charge on any atom is -0.378 e. The highest BCUT2D eigenvalue weighted by molar-refractivity contribution is 6.31. The molecule has 168 valence electrons. The molecule has 0 radical (unpaired) electrons. The van der Waals surface area contributed by atoms with Crippen LogP contribution in [-0.2, 0) is 10.9 Å². The first-order chi connectivity index (χ1) is 14.7. The van der Waals surface area contributed by atoms with E-state index in [1.54, 1.807) is 6.92 Å². The lowest BCUT2D eigenvalue weighted by atomic mass is 10.2. The van der Waals surface area contributed by atoms with E-state index >= 15 is 0 Å². The van der Waals surface area contributed by atoms with E-state index in [1.165, 1.54) is 6.07 Å². The number of alkyl halides is 3. The predicted molar refractivity (Wildman–Crippen MR) is 112 cm³/mol. The molecule has 0 spiro atoms. The van der Waals surface area contributed by atoms with Crippen molar-refractivity contribution in [3.8, 4) is 0 Å². The Kier molecular flexibility index (Phi) is 7.39. The Bertz CT molecular complexity index is 922. The van der Waals surface area contributed by atoms with Crippen molar-refractivity contribution in [3.05, 3.63) is 40.7 Å². The smallest absolute Gasteiger partial charge is 0.378 e. The third kappa shape index (κ3) is 6.59. The summed E-state index contributed by atoms with van der Waals surface area (Å²) >= 11 is 5.57. The lowest BCUT2D eigenvalue weighted by Gasteiger charge is -2.28. The number of hydrogen-bond acceptors (Lipinski definition) is 6. The number of amides is 2. The average Bonchev–Trinajstić information content (AvgIpc) is 2.72. The number of nitrogens with zero attached hydrogens (tertiary/aromatic N) is 3. The molecule has 31 heavy (non-hydrogen) atoms. The summed E-state index contributed by atoms with van der Waals surface area (Å²) in [6, 6.07) is 4.36. The molecule has 0 aliphatic carbocycles. The molecule has 3 rings (SSSR count). The highest BCUT2D eigenvalue weighted by Crippen LogP contribution is 2.36. The van der Waals surface area contributed by atoms with Crippen LogP contribution in [-0.4, -0.2) is 55.4 Å². The standard InChI is InChI=1S/C19H22ClF3N6O2/c1-12-26-16(11-17(27-12)29-6-8-31-9-7-29)24-4-5-25-18(30)28-13-2-3-15(20)14(10-13)19(21,22)23/h2-3,10-11H,4-9H2,1H3,(H,24,26,27)(H2,25,28,30). The molecule has 1 saturated heterocycles. The molecule has 1 aromatic heterocycles. The molecular weight excluding hydrogens is 437 g/mol. The van der Waals surface area contributed by atoms with Crippen LogP contribution in [0.2, 0.25) is 5.02 Å². The second kappa shape index (κ2) is 10.0. The number of benzene rings is 1. The molecule has 8 nitrogen and oxygen atoms in total. The summed E-state index contributed by atoms with van der Waals surface area (Å²) in [5.41, 5.74) is -1.02. The number of nitrogens with one attached hydrogen (secondary N) is 3. The Morgan fingerprint density at radius 3 is 2.65 bits per heavy atom. The monoisotopic (exact) mass is 458 g/mol. The first-order valence-corrected chi connectivity index (χ1v) is 9.94. The van der Waals surface area contributed by atoms with Crippen LogP contribution in [0, 0.1) is 6.92 Å².